The number of likely N-dealkylation sites (N-methyl/N-ethyl adjacent to an activating group) is 1. The van der Waals surface area contributed by atoms with Crippen molar-refractivity contribution in [3.63, 3.8) is 0 Å². The van der Waals surface area contributed by atoms with Crippen molar-refractivity contribution in [1.82, 2.24) is 4.90 Å². The number of hydrogen-bond acceptors (Lipinski definition) is 4. The molecule has 2 rings (SSSR count). The van der Waals surface area contributed by atoms with Gasteiger partial charge in [0.1, 0.15) is 5.82 Å². The molecular weight excluding hydrogens is 319 g/mol. The molecule has 0 aromatic heterocycles. The molecule has 1 atom stereocenters. The molecule has 1 amide bonds. The Labute approximate surface area is 137 Å². The minimum absolute atomic E-state index is 0.0352. The number of carbonyl (C=O) groups is 1. The molecule has 0 spiro atoms. The number of carbonyl (C=O) groups excluding carboxylic acids is 1. The Balaban J connectivity index is 2.07. The fraction of sp³-hybridized carbons (Fsp3) is 0.562. The first kappa shape index (κ1) is 17.7. The Morgan fingerprint density at radius 3 is 2.39 bits per heavy atom. The van der Waals surface area contributed by atoms with Gasteiger partial charge in [0.05, 0.1) is 18.1 Å². The van der Waals surface area contributed by atoms with E-state index in [2.05, 4.69) is 0 Å². The zero-order valence-corrected chi connectivity index (χ0v) is 14.5. The van der Waals surface area contributed by atoms with Gasteiger partial charge in [0.15, 0.2) is 9.84 Å². The monoisotopic (exact) mass is 342 g/mol. The predicted molar refractivity (Wildman–Crippen MR) is 88.7 cm³/mol. The second-order valence-electron chi connectivity index (χ2n) is 6.26. The van der Waals surface area contributed by atoms with Gasteiger partial charge in [0.2, 0.25) is 5.91 Å². The number of hydrogen-bond donors (Lipinski definition) is 0. The summed E-state index contributed by atoms with van der Waals surface area (Å²) < 4.78 is 36.2. The first-order valence-corrected chi connectivity index (χ1v) is 9.50. The van der Waals surface area contributed by atoms with Gasteiger partial charge >= 0.3 is 0 Å². The summed E-state index contributed by atoms with van der Waals surface area (Å²) in [7, 11) is -1.38. The zero-order valence-electron chi connectivity index (χ0n) is 13.7. The van der Waals surface area contributed by atoms with E-state index < -0.39 is 9.84 Å². The summed E-state index contributed by atoms with van der Waals surface area (Å²) in [4.78, 5) is 15.9. The molecule has 128 valence electrons. The van der Waals surface area contributed by atoms with Gasteiger partial charge in [0, 0.05) is 24.8 Å². The predicted octanol–water partition coefficient (Wildman–Crippen LogP) is 1.69. The van der Waals surface area contributed by atoms with E-state index in [1.54, 1.807) is 19.2 Å². The third-order valence-corrected chi connectivity index (χ3v) is 5.99. The van der Waals surface area contributed by atoms with Crippen LogP contribution in [0.15, 0.2) is 24.3 Å². The van der Waals surface area contributed by atoms with E-state index in [-0.39, 0.29) is 41.9 Å². The van der Waals surface area contributed by atoms with Gasteiger partial charge in [0.25, 0.3) is 0 Å². The maximum absolute atomic E-state index is 13.1. The molecule has 0 saturated carbocycles. The average molecular weight is 342 g/mol. The number of amides is 1. The van der Waals surface area contributed by atoms with Crippen LogP contribution in [0.5, 0.6) is 0 Å². The molecule has 0 bridgehead atoms. The highest BCUT2D eigenvalue weighted by Crippen LogP contribution is 2.20. The van der Waals surface area contributed by atoms with Crippen molar-refractivity contribution in [2.45, 2.75) is 32.4 Å². The summed E-state index contributed by atoms with van der Waals surface area (Å²) in [5, 5.41) is 0. The summed E-state index contributed by atoms with van der Waals surface area (Å²) in [6, 6.07) is 5.82. The Bertz CT molecular complexity index is 658. The number of anilines is 1. The van der Waals surface area contributed by atoms with E-state index >= 15 is 0 Å². The lowest BCUT2D eigenvalue weighted by Crippen LogP contribution is -2.45. The van der Waals surface area contributed by atoms with Gasteiger partial charge in [-0.15, -0.1) is 0 Å². The molecule has 1 unspecified atom stereocenters. The first-order valence-electron chi connectivity index (χ1n) is 7.68. The molecule has 5 nitrogen and oxygen atoms in total. The fourth-order valence-corrected chi connectivity index (χ4v) is 4.52. The van der Waals surface area contributed by atoms with E-state index in [0.717, 1.165) is 5.69 Å². The molecule has 7 heteroatoms. The van der Waals surface area contributed by atoms with E-state index in [9.17, 15) is 17.6 Å². The first-order chi connectivity index (χ1) is 10.7. The van der Waals surface area contributed by atoms with E-state index in [1.165, 1.54) is 17.0 Å². The molecule has 1 aromatic carbocycles. The highest BCUT2D eigenvalue weighted by atomic mass is 32.2. The molecular formula is C16H23FN2O3S. The third kappa shape index (κ3) is 4.43. The van der Waals surface area contributed by atoms with Crippen molar-refractivity contribution < 1.29 is 17.6 Å². The third-order valence-electron chi connectivity index (χ3n) is 4.24. The fourth-order valence-electron chi connectivity index (χ4n) is 2.75. The molecule has 0 radical (unpaired) electrons. The number of nitrogens with zero attached hydrogens (tertiary/aromatic N) is 2. The number of benzene rings is 1. The van der Waals surface area contributed by atoms with Crippen molar-refractivity contribution in [1.29, 1.82) is 0 Å². The van der Waals surface area contributed by atoms with Gasteiger partial charge in [-0.2, -0.15) is 0 Å². The Morgan fingerprint density at radius 2 is 1.91 bits per heavy atom. The molecule has 1 aliphatic rings. The summed E-state index contributed by atoms with van der Waals surface area (Å²) in [6.45, 7) is 4.05. The largest absolute Gasteiger partial charge is 0.360 e. The maximum atomic E-state index is 13.1. The second-order valence-corrected chi connectivity index (χ2v) is 8.49. The zero-order chi connectivity index (χ0) is 17.2. The van der Waals surface area contributed by atoms with Crippen LogP contribution in [0.1, 0.15) is 20.3 Å². The van der Waals surface area contributed by atoms with Crippen LogP contribution in [-0.4, -0.2) is 56.4 Å². The molecule has 1 aliphatic heterocycles. The van der Waals surface area contributed by atoms with Crippen LogP contribution in [0.25, 0.3) is 0 Å². The quantitative estimate of drug-likeness (QED) is 0.817. The van der Waals surface area contributed by atoms with Crippen LogP contribution in [0.3, 0.4) is 0 Å². The van der Waals surface area contributed by atoms with Crippen molar-refractivity contribution in [2.24, 2.45) is 0 Å². The minimum Gasteiger partial charge on any atom is -0.360 e. The van der Waals surface area contributed by atoms with Crippen molar-refractivity contribution in [3.8, 4) is 0 Å². The molecule has 1 saturated heterocycles. The van der Waals surface area contributed by atoms with E-state index in [0.29, 0.717) is 6.42 Å². The van der Waals surface area contributed by atoms with Crippen molar-refractivity contribution in [2.75, 3.05) is 30.0 Å². The number of halogens is 1. The van der Waals surface area contributed by atoms with Crippen molar-refractivity contribution in [3.05, 3.63) is 30.1 Å². The molecule has 23 heavy (non-hydrogen) atoms. The highest BCUT2D eigenvalue weighted by Gasteiger charge is 2.33. The van der Waals surface area contributed by atoms with Gasteiger partial charge in [-0.05, 0) is 44.5 Å². The van der Waals surface area contributed by atoms with Crippen LogP contribution in [0.2, 0.25) is 0 Å². The molecule has 1 heterocycles. The minimum atomic E-state index is -3.02. The second kappa shape index (κ2) is 6.86. The maximum Gasteiger partial charge on any atom is 0.242 e. The Kier molecular flexibility index (Phi) is 5.29. The van der Waals surface area contributed by atoms with Crippen LogP contribution in [-0.2, 0) is 14.6 Å². The summed E-state index contributed by atoms with van der Waals surface area (Å²) in [5.41, 5.74) is 0.766. The summed E-state index contributed by atoms with van der Waals surface area (Å²) >= 11 is 0. The van der Waals surface area contributed by atoms with Gasteiger partial charge in [-0.1, -0.05) is 0 Å². The van der Waals surface area contributed by atoms with Gasteiger partial charge < -0.3 is 9.80 Å². The standard InChI is InChI=1S/C16H23FN2O3S/c1-12(2)19(14-6-4-13(17)5-7-14)10-16(20)18(3)15-8-9-23(21,22)11-15/h4-7,12,15H,8-11H2,1-3H3. The number of sulfone groups is 1. The van der Waals surface area contributed by atoms with Crippen LogP contribution < -0.4 is 4.90 Å². The van der Waals surface area contributed by atoms with Crippen LogP contribution in [0.4, 0.5) is 10.1 Å². The smallest absolute Gasteiger partial charge is 0.242 e. The average Bonchev–Trinajstić information content (AvgIpc) is 2.84. The molecule has 0 aliphatic carbocycles. The Hall–Kier alpha value is -1.63. The lowest BCUT2D eigenvalue weighted by molar-refractivity contribution is -0.130. The topological polar surface area (TPSA) is 57.7 Å². The Morgan fingerprint density at radius 1 is 1.30 bits per heavy atom. The molecule has 1 fully saturated rings. The normalized spacial score (nSPS) is 19.8. The van der Waals surface area contributed by atoms with E-state index in [1.807, 2.05) is 18.7 Å². The highest BCUT2D eigenvalue weighted by molar-refractivity contribution is 7.91. The number of rotatable bonds is 5. The molecule has 1 aromatic rings. The van der Waals surface area contributed by atoms with Crippen molar-refractivity contribution >= 4 is 21.4 Å². The SMILES string of the molecule is CC(C)N(CC(=O)N(C)C1CCS(=O)(=O)C1)c1ccc(F)cc1. The van der Waals surface area contributed by atoms with Gasteiger partial charge in [-0.25, -0.2) is 12.8 Å². The van der Waals surface area contributed by atoms with Crippen LogP contribution >= 0.6 is 0 Å². The van der Waals surface area contributed by atoms with E-state index in [4.69, 9.17) is 0 Å². The van der Waals surface area contributed by atoms with Crippen LogP contribution in [0, 0.1) is 5.82 Å². The lowest BCUT2D eigenvalue weighted by atomic mass is 10.2. The summed E-state index contributed by atoms with van der Waals surface area (Å²) in [6.07, 6.45) is 0.489. The molecule has 0 N–H and O–H groups in total. The summed E-state index contributed by atoms with van der Waals surface area (Å²) in [5.74, 6) is -0.281. The van der Waals surface area contributed by atoms with Gasteiger partial charge in [-0.3, -0.25) is 4.79 Å². The lowest BCUT2D eigenvalue weighted by Gasteiger charge is -2.32.